The van der Waals surface area contributed by atoms with Crippen LogP contribution in [0.15, 0.2) is 42.5 Å². The molecular formula is C26H34Cl2N2O3. The largest absolute Gasteiger partial charge is 0.483 e. The second kappa shape index (κ2) is 12.3. The van der Waals surface area contributed by atoms with Gasteiger partial charge in [0.25, 0.3) is 5.91 Å². The lowest BCUT2D eigenvalue weighted by Crippen LogP contribution is -2.49. The van der Waals surface area contributed by atoms with Crippen LogP contribution in [0.1, 0.15) is 58.6 Å². The van der Waals surface area contributed by atoms with Crippen LogP contribution < -0.4 is 10.1 Å². The summed E-state index contributed by atoms with van der Waals surface area (Å²) in [4.78, 5) is 27.6. The van der Waals surface area contributed by atoms with Gasteiger partial charge in [0.2, 0.25) is 5.91 Å². The Labute approximate surface area is 207 Å². The van der Waals surface area contributed by atoms with E-state index in [-0.39, 0.29) is 30.4 Å². The summed E-state index contributed by atoms with van der Waals surface area (Å²) in [6, 6.07) is 12.1. The number of carbonyl (C=O) groups is 2. The zero-order valence-corrected chi connectivity index (χ0v) is 21.6. The minimum atomic E-state index is -0.719. The van der Waals surface area contributed by atoms with Crippen molar-refractivity contribution in [2.24, 2.45) is 0 Å². The number of nitrogens with zero attached hydrogens (tertiary/aromatic N) is 1. The predicted octanol–water partition coefficient (Wildman–Crippen LogP) is 6.00. The summed E-state index contributed by atoms with van der Waals surface area (Å²) in [5, 5.41) is 3.78. The van der Waals surface area contributed by atoms with Gasteiger partial charge in [0.15, 0.2) is 6.61 Å². The van der Waals surface area contributed by atoms with E-state index in [1.165, 1.54) is 4.90 Å². The first-order chi connectivity index (χ1) is 15.6. The van der Waals surface area contributed by atoms with Crippen molar-refractivity contribution < 1.29 is 14.3 Å². The number of unbranched alkanes of at least 4 members (excludes halogenated alkanes) is 1. The topological polar surface area (TPSA) is 58.6 Å². The molecule has 2 aromatic carbocycles. The van der Waals surface area contributed by atoms with Crippen molar-refractivity contribution >= 4 is 35.0 Å². The maximum absolute atomic E-state index is 13.3. The van der Waals surface area contributed by atoms with Crippen molar-refractivity contribution in [1.82, 2.24) is 10.2 Å². The van der Waals surface area contributed by atoms with E-state index in [0.29, 0.717) is 27.9 Å². The van der Waals surface area contributed by atoms with Crippen LogP contribution in [-0.4, -0.2) is 35.9 Å². The highest BCUT2D eigenvalue weighted by atomic mass is 35.5. The summed E-state index contributed by atoms with van der Waals surface area (Å²) in [5.41, 5.74) is 1.46. The molecular weight excluding hydrogens is 459 g/mol. The second-order valence-electron chi connectivity index (χ2n) is 9.08. The first kappa shape index (κ1) is 27.0. The standard InChI is InChI=1S/C26H34Cl2N2O3/c1-6-7-15-29-25(32)18(2)30(16-19-21(27)12-10-13-22(19)28)24(31)17-33-23-14-9-8-11-20(23)26(3,4)5/h8-14,18H,6-7,15-17H2,1-5H3,(H,29,32)/t18-/m1/s1. The van der Waals surface area contributed by atoms with E-state index < -0.39 is 6.04 Å². The highest BCUT2D eigenvalue weighted by molar-refractivity contribution is 6.36. The van der Waals surface area contributed by atoms with Gasteiger partial charge in [-0.3, -0.25) is 9.59 Å². The molecule has 180 valence electrons. The number of nitrogens with one attached hydrogen (secondary N) is 1. The zero-order chi connectivity index (χ0) is 24.6. The number of halogens is 2. The molecule has 0 unspecified atom stereocenters. The van der Waals surface area contributed by atoms with Crippen LogP contribution in [0.4, 0.5) is 0 Å². The fraction of sp³-hybridized carbons (Fsp3) is 0.462. The van der Waals surface area contributed by atoms with E-state index in [9.17, 15) is 9.59 Å². The number of ether oxygens (including phenoxy) is 1. The molecule has 1 atom stereocenters. The van der Waals surface area contributed by atoms with Gasteiger partial charge < -0.3 is 15.0 Å². The maximum atomic E-state index is 13.3. The predicted molar refractivity (Wildman–Crippen MR) is 135 cm³/mol. The minimum Gasteiger partial charge on any atom is -0.483 e. The molecule has 0 saturated heterocycles. The molecule has 33 heavy (non-hydrogen) atoms. The van der Waals surface area contributed by atoms with E-state index in [0.717, 1.165) is 18.4 Å². The Kier molecular flexibility index (Phi) is 10.1. The smallest absolute Gasteiger partial charge is 0.261 e. The number of hydrogen-bond donors (Lipinski definition) is 1. The summed E-state index contributed by atoms with van der Waals surface area (Å²) in [5.74, 6) is 0.0945. The van der Waals surface area contributed by atoms with Crippen LogP contribution in [0.25, 0.3) is 0 Å². The van der Waals surface area contributed by atoms with Gasteiger partial charge in [-0.15, -0.1) is 0 Å². The van der Waals surface area contributed by atoms with Crippen molar-refractivity contribution in [2.45, 2.75) is 65.5 Å². The molecule has 0 aliphatic carbocycles. The molecule has 2 amide bonds. The zero-order valence-electron chi connectivity index (χ0n) is 20.1. The second-order valence-corrected chi connectivity index (χ2v) is 9.89. The molecule has 2 rings (SSSR count). The molecule has 2 aromatic rings. The number of para-hydroxylation sites is 1. The molecule has 0 aromatic heterocycles. The third kappa shape index (κ3) is 7.65. The molecule has 1 N–H and O–H groups in total. The molecule has 0 fully saturated rings. The van der Waals surface area contributed by atoms with E-state index in [1.54, 1.807) is 25.1 Å². The van der Waals surface area contributed by atoms with Crippen LogP contribution >= 0.6 is 23.2 Å². The fourth-order valence-electron chi connectivity index (χ4n) is 3.41. The van der Waals surface area contributed by atoms with Gasteiger partial charge in [-0.2, -0.15) is 0 Å². The number of amides is 2. The summed E-state index contributed by atoms with van der Waals surface area (Å²) in [7, 11) is 0. The van der Waals surface area contributed by atoms with Crippen molar-refractivity contribution in [3.63, 3.8) is 0 Å². The Bertz CT molecular complexity index is 937. The Morgan fingerprint density at radius 2 is 1.70 bits per heavy atom. The molecule has 7 heteroatoms. The Morgan fingerprint density at radius 3 is 2.30 bits per heavy atom. The lowest BCUT2D eigenvalue weighted by molar-refractivity contribution is -0.142. The number of hydrogen-bond acceptors (Lipinski definition) is 3. The average molecular weight is 493 g/mol. The van der Waals surface area contributed by atoms with Gasteiger partial charge in [-0.1, -0.05) is 81.6 Å². The molecule has 5 nitrogen and oxygen atoms in total. The summed E-state index contributed by atoms with van der Waals surface area (Å²) in [6.07, 6.45) is 1.84. The summed E-state index contributed by atoms with van der Waals surface area (Å²) in [6.45, 7) is 10.5. The van der Waals surface area contributed by atoms with Gasteiger partial charge in [0, 0.05) is 28.7 Å². The van der Waals surface area contributed by atoms with Crippen molar-refractivity contribution in [3.8, 4) is 5.75 Å². The van der Waals surface area contributed by atoms with Crippen LogP contribution in [0.5, 0.6) is 5.75 Å². The number of rotatable bonds is 10. The van der Waals surface area contributed by atoms with Crippen molar-refractivity contribution in [3.05, 3.63) is 63.6 Å². The normalized spacial score (nSPS) is 12.2. The van der Waals surface area contributed by atoms with E-state index >= 15 is 0 Å². The molecule has 0 bridgehead atoms. The van der Waals surface area contributed by atoms with Crippen LogP contribution in [-0.2, 0) is 21.5 Å². The SMILES string of the molecule is CCCCNC(=O)[C@@H](C)N(Cc1c(Cl)cccc1Cl)C(=O)COc1ccccc1C(C)(C)C. The van der Waals surface area contributed by atoms with Crippen molar-refractivity contribution in [2.75, 3.05) is 13.2 Å². The van der Waals surface area contributed by atoms with Crippen LogP contribution in [0.3, 0.4) is 0 Å². The Morgan fingerprint density at radius 1 is 1.06 bits per heavy atom. The maximum Gasteiger partial charge on any atom is 0.261 e. The van der Waals surface area contributed by atoms with Gasteiger partial charge >= 0.3 is 0 Å². The fourth-order valence-corrected chi connectivity index (χ4v) is 3.92. The molecule has 0 spiro atoms. The third-order valence-electron chi connectivity index (χ3n) is 5.43. The highest BCUT2D eigenvalue weighted by Crippen LogP contribution is 2.31. The summed E-state index contributed by atoms with van der Waals surface area (Å²) >= 11 is 12.7. The molecule has 0 aliphatic heterocycles. The first-order valence-electron chi connectivity index (χ1n) is 11.3. The van der Waals surface area contributed by atoms with E-state index in [1.807, 2.05) is 24.3 Å². The van der Waals surface area contributed by atoms with Gasteiger partial charge in [0.1, 0.15) is 11.8 Å². The van der Waals surface area contributed by atoms with Gasteiger partial charge in [-0.05, 0) is 42.5 Å². The van der Waals surface area contributed by atoms with Crippen LogP contribution in [0.2, 0.25) is 10.0 Å². The number of benzene rings is 2. The van der Waals surface area contributed by atoms with Crippen molar-refractivity contribution in [1.29, 1.82) is 0 Å². The summed E-state index contributed by atoms with van der Waals surface area (Å²) < 4.78 is 5.94. The quantitative estimate of drug-likeness (QED) is 0.413. The average Bonchev–Trinajstić information content (AvgIpc) is 2.76. The molecule has 0 radical (unpaired) electrons. The third-order valence-corrected chi connectivity index (χ3v) is 6.14. The van der Waals surface area contributed by atoms with E-state index in [2.05, 4.69) is 33.0 Å². The first-order valence-corrected chi connectivity index (χ1v) is 12.0. The monoisotopic (exact) mass is 492 g/mol. The molecule has 0 saturated carbocycles. The van der Waals surface area contributed by atoms with Gasteiger partial charge in [-0.25, -0.2) is 0 Å². The Hall–Kier alpha value is -2.24. The van der Waals surface area contributed by atoms with E-state index in [4.69, 9.17) is 27.9 Å². The Balaban J connectivity index is 2.25. The number of carbonyl (C=O) groups excluding carboxylic acids is 2. The van der Waals surface area contributed by atoms with Gasteiger partial charge in [0.05, 0.1) is 0 Å². The molecule has 0 aliphatic rings. The van der Waals surface area contributed by atoms with Crippen LogP contribution in [0, 0.1) is 0 Å². The lowest BCUT2D eigenvalue weighted by Gasteiger charge is -2.30. The highest BCUT2D eigenvalue weighted by Gasteiger charge is 2.28. The molecule has 0 heterocycles. The lowest BCUT2D eigenvalue weighted by atomic mass is 9.86. The minimum absolute atomic E-state index is 0.101.